The van der Waals surface area contributed by atoms with E-state index in [1.54, 1.807) is 30.1 Å². The molecule has 0 bridgehead atoms. The number of ketones is 1. The van der Waals surface area contributed by atoms with Crippen LogP contribution in [0.2, 0.25) is 0 Å². The number of halogens is 3. The highest BCUT2D eigenvalue weighted by Crippen LogP contribution is 2.35. The second-order valence-electron chi connectivity index (χ2n) is 9.97. The number of H-pyrrole nitrogens is 1. The number of tetrazole rings is 1. The molecule has 0 saturated heterocycles. The van der Waals surface area contributed by atoms with Crippen molar-refractivity contribution in [1.29, 1.82) is 0 Å². The minimum absolute atomic E-state index is 0.0917. The molecule has 0 aliphatic carbocycles. The lowest BCUT2D eigenvalue weighted by molar-refractivity contribution is -0.0885. The van der Waals surface area contributed by atoms with Crippen LogP contribution in [0.4, 0.5) is 13.2 Å². The summed E-state index contributed by atoms with van der Waals surface area (Å²) < 4.78 is 44.7. The van der Waals surface area contributed by atoms with Gasteiger partial charge in [0.2, 0.25) is 0 Å². The number of alkyl halides is 3. The molecular formula is C28H29F3N8O2. The van der Waals surface area contributed by atoms with Gasteiger partial charge in [-0.3, -0.25) is 18.9 Å². The van der Waals surface area contributed by atoms with Crippen molar-refractivity contribution in [3.8, 4) is 17.2 Å². The molecule has 214 valence electrons. The Labute approximate surface area is 233 Å². The Morgan fingerprint density at radius 1 is 1.20 bits per heavy atom. The van der Waals surface area contributed by atoms with Gasteiger partial charge >= 0.3 is 11.9 Å². The van der Waals surface area contributed by atoms with Gasteiger partial charge in [0, 0.05) is 54.6 Å². The number of hydrogen-bond donors (Lipinski definition) is 1. The van der Waals surface area contributed by atoms with Gasteiger partial charge in [0.15, 0.2) is 5.82 Å². The topological polar surface area (TPSA) is 116 Å². The van der Waals surface area contributed by atoms with Gasteiger partial charge in [-0.1, -0.05) is 37.6 Å². The Morgan fingerprint density at radius 2 is 2.02 bits per heavy atom. The molecule has 1 aliphatic rings. The van der Waals surface area contributed by atoms with E-state index in [2.05, 4.69) is 25.6 Å². The number of carbonyl (C=O) groups is 1. The Hall–Kier alpha value is -4.55. The molecule has 0 amide bonds. The number of Topliss-reactive ketones (excluding diaryl/α,β-unsaturated/α-hetero) is 1. The summed E-state index contributed by atoms with van der Waals surface area (Å²) in [5, 5.41) is 14.1. The number of nitrogens with zero attached hydrogens (tertiary/aromatic N) is 7. The zero-order chi connectivity index (χ0) is 29.2. The molecule has 13 heteroatoms. The highest BCUT2D eigenvalue weighted by molar-refractivity contribution is 6.03. The molecule has 1 aromatic carbocycles. The van der Waals surface area contributed by atoms with Gasteiger partial charge in [0.1, 0.15) is 5.82 Å². The number of rotatable bonds is 10. The molecule has 1 aliphatic heterocycles. The second-order valence-corrected chi connectivity index (χ2v) is 9.97. The molecule has 0 spiro atoms. The van der Waals surface area contributed by atoms with Crippen molar-refractivity contribution in [3.63, 3.8) is 0 Å². The number of imidazole rings is 1. The fourth-order valence-corrected chi connectivity index (χ4v) is 5.22. The van der Waals surface area contributed by atoms with E-state index in [0.717, 1.165) is 30.0 Å². The molecule has 3 aromatic heterocycles. The summed E-state index contributed by atoms with van der Waals surface area (Å²) >= 11 is 0. The minimum Gasteiger partial charge on any atom is -0.334 e. The maximum absolute atomic E-state index is 14.1. The van der Waals surface area contributed by atoms with Gasteiger partial charge < -0.3 is 4.57 Å². The Balaban J connectivity index is 1.65. The van der Waals surface area contributed by atoms with Crippen LogP contribution in [0.3, 0.4) is 0 Å². The lowest BCUT2D eigenvalue weighted by Crippen LogP contribution is -2.37. The number of nitrogens with one attached hydrogen (secondary N) is 1. The van der Waals surface area contributed by atoms with Crippen molar-refractivity contribution < 1.29 is 18.0 Å². The van der Waals surface area contributed by atoms with E-state index in [1.807, 2.05) is 37.3 Å². The number of aromatic amines is 1. The third-order valence-corrected chi connectivity index (χ3v) is 7.39. The van der Waals surface area contributed by atoms with Gasteiger partial charge in [-0.2, -0.15) is 13.2 Å². The Bertz CT molecular complexity index is 1660. The summed E-state index contributed by atoms with van der Waals surface area (Å²) in [4.78, 5) is 30.7. The molecular weight excluding hydrogens is 537 g/mol. The van der Waals surface area contributed by atoms with Crippen LogP contribution in [0.5, 0.6) is 0 Å². The van der Waals surface area contributed by atoms with E-state index in [9.17, 15) is 22.8 Å². The average molecular weight is 567 g/mol. The third kappa shape index (κ3) is 5.31. The number of unbranched alkanes of at least 4 members (excludes halogenated alkanes) is 1. The molecule has 5 rings (SSSR count). The summed E-state index contributed by atoms with van der Waals surface area (Å²) in [6.07, 6.45) is 5.92. The first kappa shape index (κ1) is 28.0. The van der Waals surface area contributed by atoms with Crippen molar-refractivity contribution in [3.05, 3.63) is 82.3 Å². The van der Waals surface area contributed by atoms with Crippen molar-refractivity contribution in [2.24, 2.45) is 4.99 Å². The minimum atomic E-state index is -5.08. The van der Waals surface area contributed by atoms with E-state index in [1.165, 1.54) is 15.3 Å². The van der Waals surface area contributed by atoms with Gasteiger partial charge in [-0.25, -0.2) is 9.89 Å². The van der Waals surface area contributed by atoms with Crippen molar-refractivity contribution in [1.82, 2.24) is 34.3 Å². The SMILES string of the molecule is CCCCc1cn(-c2c(C(=O)C(F)(F)F)ccn2CC)c(=O)n1CC1(c2cccc(-c3nnn[nH]3)c2)C=CN=CC1. The zero-order valence-electron chi connectivity index (χ0n) is 22.6. The van der Waals surface area contributed by atoms with E-state index in [4.69, 9.17) is 0 Å². The number of aromatic nitrogens is 7. The van der Waals surface area contributed by atoms with E-state index in [-0.39, 0.29) is 18.9 Å². The standard InChI is InChI=1S/C28H29F3N8O2/c1-3-5-9-21-17-38(25-22(10-15-37(25)4-2)23(40)28(29,30)31)26(41)39(21)18-27(11-13-32-14-12-27)20-8-6-7-19(16-20)24-33-35-36-34-24/h6-8,10-11,13-17H,3-5,9,12,18H2,1-2H3,(H,33,34,35,36). The van der Waals surface area contributed by atoms with Crippen LogP contribution in [-0.4, -0.2) is 52.5 Å². The third-order valence-electron chi connectivity index (χ3n) is 7.39. The van der Waals surface area contributed by atoms with Crippen LogP contribution in [0.15, 0.2) is 64.8 Å². The molecule has 1 atom stereocenters. The smallest absolute Gasteiger partial charge is 0.334 e. The molecule has 0 fully saturated rings. The van der Waals surface area contributed by atoms with E-state index < -0.39 is 28.6 Å². The van der Waals surface area contributed by atoms with Crippen LogP contribution in [0.25, 0.3) is 17.2 Å². The Morgan fingerprint density at radius 3 is 2.68 bits per heavy atom. The lowest BCUT2D eigenvalue weighted by atomic mass is 9.76. The van der Waals surface area contributed by atoms with Crippen molar-refractivity contribution in [2.75, 3.05) is 0 Å². The number of carbonyl (C=O) groups excluding carboxylic acids is 1. The molecule has 0 radical (unpaired) electrons. The Kier molecular flexibility index (Phi) is 7.61. The number of aryl methyl sites for hydroxylation is 2. The molecule has 41 heavy (non-hydrogen) atoms. The van der Waals surface area contributed by atoms with Crippen LogP contribution in [0.1, 0.15) is 54.7 Å². The molecule has 4 heterocycles. The summed E-state index contributed by atoms with van der Waals surface area (Å²) in [6, 6.07) is 8.77. The quantitative estimate of drug-likeness (QED) is 0.281. The fourth-order valence-electron chi connectivity index (χ4n) is 5.22. The van der Waals surface area contributed by atoms with Crippen LogP contribution in [0, 0.1) is 0 Å². The molecule has 0 saturated carbocycles. The maximum atomic E-state index is 14.1. The van der Waals surface area contributed by atoms with E-state index in [0.29, 0.717) is 24.4 Å². The van der Waals surface area contributed by atoms with Crippen molar-refractivity contribution >= 4 is 12.0 Å². The fraction of sp³-hybridized carbons (Fsp3) is 0.357. The van der Waals surface area contributed by atoms with Gasteiger partial charge in [-0.05, 0) is 54.3 Å². The zero-order valence-corrected chi connectivity index (χ0v) is 22.6. The largest absolute Gasteiger partial charge is 0.455 e. The first-order valence-corrected chi connectivity index (χ1v) is 13.3. The highest BCUT2D eigenvalue weighted by atomic mass is 19.4. The molecule has 1 unspecified atom stereocenters. The average Bonchev–Trinajstić information content (AvgIpc) is 3.72. The summed E-state index contributed by atoms with van der Waals surface area (Å²) in [5.41, 5.74) is 0.534. The first-order valence-electron chi connectivity index (χ1n) is 13.3. The van der Waals surface area contributed by atoms with Crippen molar-refractivity contribution in [2.45, 2.75) is 64.2 Å². The lowest BCUT2D eigenvalue weighted by Gasteiger charge is -2.32. The molecule has 4 aromatic rings. The van der Waals surface area contributed by atoms with Gasteiger partial charge in [0.05, 0.1) is 5.56 Å². The summed E-state index contributed by atoms with van der Waals surface area (Å²) in [7, 11) is 0. The first-order chi connectivity index (χ1) is 19.7. The van der Waals surface area contributed by atoms with Gasteiger partial charge in [-0.15, -0.1) is 5.10 Å². The van der Waals surface area contributed by atoms with E-state index >= 15 is 0 Å². The predicted molar refractivity (Wildman–Crippen MR) is 146 cm³/mol. The normalized spacial score (nSPS) is 16.9. The molecule has 10 nitrogen and oxygen atoms in total. The number of benzene rings is 1. The summed E-state index contributed by atoms with van der Waals surface area (Å²) in [5.74, 6) is -1.59. The number of allylic oxidation sites excluding steroid dienone is 1. The summed E-state index contributed by atoms with van der Waals surface area (Å²) in [6.45, 7) is 4.24. The highest BCUT2D eigenvalue weighted by Gasteiger charge is 2.42. The molecule has 1 N–H and O–H groups in total. The van der Waals surface area contributed by atoms with Gasteiger partial charge in [0.25, 0.3) is 5.78 Å². The number of hydrogen-bond acceptors (Lipinski definition) is 6. The monoisotopic (exact) mass is 566 g/mol. The second kappa shape index (κ2) is 11.1. The van der Waals surface area contributed by atoms with Crippen LogP contribution < -0.4 is 5.69 Å². The predicted octanol–water partition coefficient (Wildman–Crippen LogP) is 4.65. The van der Waals surface area contributed by atoms with Crippen LogP contribution in [-0.2, 0) is 24.9 Å². The number of aliphatic imine (C=N–C) groups is 1. The maximum Gasteiger partial charge on any atom is 0.455 e. The van der Waals surface area contributed by atoms with Crippen LogP contribution >= 0.6 is 0 Å².